The lowest BCUT2D eigenvalue weighted by molar-refractivity contribution is 0.267. The summed E-state index contributed by atoms with van der Waals surface area (Å²) in [7, 11) is 0. The molecule has 1 nitrogen and oxygen atoms in total. The van der Waals surface area contributed by atoms with Crippen molar-refractivity contribution in [3.8, 4) is 0 Å². The Hall–Kier alpha value is 0.310. The number of hydrogen-bond donors (Lipinski definition) is 1. The number of thioether (sulfide) groups is 1. The first-order valence-electron chi connectivity index (χ1n) is 6.38. The highest BCUT2D eigenvalue weighted by atomic mass is 32.2. The second-order valence-corrected chi connectivity index (χ2v) is 6.46. The molecule has 0 spiro atoms. The van der Waals surface area contributed by atoms with E-state index in [0.717, 1.165) is 5.92 Å². The lowest BCUT2D eigenvalue weighted by atomic mass is 9.83. The Labute approximate surface area is 99.8 Å². The van der Waals surface area contributed by atoms with E-state index < -0.39 is 0 Å². The van der Waals surface area contributed by atoms with Crippen LogP contribution in [0.1, 0.15) is 46.0 Å². The Bertz CT molecular complexity index is 162. The highest BCUT2D eigenvalue weighted by Gasteiger charge is 2.32. The second-order valence-electron chi connectivity index (χ2n) is 5.47. The molecule has 0 radical (unpaired) electrons. The molecular formula is C13H27NS. The molecule has 2 heteroatoms. The van der Waals surface area contributed by atoms with Gasteiger partial charge in [-0.1, -0.05) is 26.7 Å². The summed E-state index contributed by atoms with van der Waals surface area (Å²) in [6.45, 7) is 7.01. The summed E-state index contributed by atoms with van der Waals surface area (Å²) in [5, 5.41) is 3.67. The summed E-state index contributed by atoms with van der Waals surface area (Å²) in [5.74, 6) is 2.12. The van der Waals surface area contributed by atoms with E-state index in [9.17, 15) is 0 Å². The van der Waals surface area contributed by atoms with Gasteiger partial charge in [-0.25, -0.2) is 0 Å². The van der Waals surface area contributed by atoms with Gasteiger partial charge < -0.3 is 5.32 Å². The quantitative estimate of drug-likeness (QED) is 0.716. The van der Waals surface area contributed by atoms with Gasteiger partial charge in [0.25, 0.3) is 0 Å². The van der Waals surface area contributed by atoms with Crippen LogP contribution >= 0.6 is 11.8 Å². The topological polar surface area (TPSA) is 12.0 Å². The van der Waals surface area contributed by atoms with Gasteiger partial charge in [-0.2, -0.15) is 11.8 Å². The van der Waals surface area contributed by atoms with Crippen molar-refractivity contribution in [2.45, 2.75) is 46.0 Å². The molecule has 1 rings (SSSR count). The van der Waals surface area contributed by atoms with Crippen LogP contribution in [0.3, 0.4) is 0 Å². The van der Waals surface area contributed by atoms with Crippen LogP contribution in [0.25, 0.3) is 0 Å². The molecule has 0 heterocycles. The molecule has 0 aromatic rings. The third-order valence-electron chi connectivity index (χ3n) is 3.55. The number of hydrogen-bond acceptors (Lipinski definition) is 2. The lowest BCUT2D eigenvalue weighted by Gasteiger charge is -2.29. The molecule has 0 unspecified atom stereocenters. The SMILES string of the molecule is CSCCC1(CNCC(C)C)CCCC1. The molecule has 0 aliphatic heterocycles. The van der Waals surface area contributed by atoms with E-state index in [-0.39, 0.29) is 0 Å². The normalized spacial score (nSPS) is 20.0. The van der Waals surface area contributed by atoms with Gasteiger partial charge in [0.15, 0.2) is 0 Å². The third kappa shape index (κ3) is 4.78. The molecule has 0 aromatic carbocycles. The predicted octanol–water partition coefficient (Wildman–Crippen LogP) is 3.55. The van der Waals surface area contributed by atoms with Crippen LogP contribution in [0.5, 0.6) is 0 Å². The smallest absolute Gasteiger partial charge is 0.000821 e. The van der Waals surface area contributed by atoms with Gasteiger partial charge in [-0.3, -0.25) is 0 Å². The Morgan fingerprint density at radius 1 is 1.27 bits per heavy atom. The summed E-state index contributed by atoms with van der Waals surface area (Å²) < 4.78 is 0. The Morgan fingerprint density at radius 3 is 2.47 bits per heavy atom. The number of rotatable bonds is 7. The van der Waals surface area contributed by atoms with Crippen molar-refractivity contribution in [1.82, 2.24) is 5.32 Å². The van der Waals surface area contributed by atoms with E-state index in [0.29, 0.717) is 5.41 Å². The van der Waals surface area contributed by atoms with Crippen LogP contribution in [-0.2, 0) is 0 Å². The first kappa shape index (κ1) is 13.4. The van der Waals surface area contributed by atoms with E-state index in [1.54, 1.807) is 0 Å². The van der Waals surface area contributed by atoms with E-state index in [4.69, 9.17) is 0 Å². The monoisotopic (exact) mass is 229 g/mol. The van der Waals surface area contributed by atoms with Gasteiger partial charge in [-0.15, -0.1) is 0 Å². The minimum atomic E-state index is 0.651. The van der Waals surface area contributed by atoms with E-state index >= 15 is 0 Å². The molecule has 1 fully saturated rings. The highest BCUT2D eigenvalue weighted by molar-refractivity contribution is 7.98. The molecule has 0 bridgehead atoms. The molecule has 15 heavy (non-hydrogen) atoms. The highest BCUT2D eigenvalue weighted by Crippen LogP contribution is 2.41. The fraction of sp³-hybridized carbons (Fsp3) is 1.00. The summed E-state index contributed by atoms with van der Waals surface area (Å²) >= 11 is 2.00. The van der Waals surface area contributed by atoms with Gasteiger partial charge in [0.1, 0.15) is 0 Å². The maximum Gasteiger partial charge on any atom is 0.000821 e. The van der Waals surface area contributed by atoms with Gasteiger partial charge in [0.2, 0.25) is 0 Å². The predicted molar refractivity (Wildman–Crippen MR) is 71.6 cm³/mol. The zero-order valence-corrected chi connectivity index (χ0v) is 11.5. The summed E-state index contributed by atoms with van der Waals surface area (Å²) in [6.07, 6.45) is 9.47. The zero-order valence-electron chi connectivity index (χ0n) is 10.6. The summed E-state index contributed by atoms with van der Waals surface area (Å²) in [5.41, 5.74) is 0.651. The average molecular weight is 229 g/mol. The maximum absolute atomic E-state index is 3.67. The fourth-order valence-electron chi connectivity index (χ4n) is 2.58. The van der Waals surface area contributed by atoms with Crippen LogP contribution in [-0.4, -0.2) is 25.1 Å². The van der Waals surface area contributed by atoms with Crippen molar-refractivity contribution < 1.29 is 0 Å². The Balaban J connectivity index is 2.29. The fourth-order valence-corrected chi connectivity index (χ4v) is 3.22. The molecule has 1 aliphatic carbocycles. The van der Waals surface area contributed by atoms with Crippen LogP contribution < -0.4 is 5.32 Å². The van der Waals surface area contributed by atoms with Crippen molar-refractivity contribution in [3.63, 3.8) is 0 Å². The molecular weight excluding hydrogens is 202 g/mol. The minimum absolute atomic E-state index is 0.651. The molecule has 0 saturated heterocycles. The van der Waals surface area contributed by atoms with Crippen LogP contribution in [0.2, 0.25) is 0 Å². The summed E-state index contributed by atoms with van der Waals surface area (Å²) in [4.78, 5) is 0. The average Bonchev–Trinajstić information content (AvgIpc) is 2.64. The van der Waals surface area contributed by atoms with Crippen molar-refractivity contribution >= 4 is 11.8 Å². The van der Waals surface area contributed by atoms with Crippen LogP contribution in [0, 0.1) is 11.3 Å². The van der Waals surface area contributed by atoms with Gasteiger partial charge in [0, 0.05) is 6.54 Å². The van der Waals surface area contributed by atoms with Gasteiger partial charge >= 0.3 is 0 Å². The molecule has 1 saturated carbocycles. The van der Waals surface area contributed by atoms with Crippen molar-refractivity contribution in [3.05, 3.63) is 0 Å². The van der Waals surface area contributed by atoms with E-state index in [1.807, 2.05) is 11.8 Å². The van der Waals surface area contributed by atoms with Crippen LogP contribution in [0.15, 0.2) is 0 Å². The van der Waals surface area contributed by atoms with Gasteiger partial charge in [0.05, 0.1) is 0 Å². The van der Waals surface area contributed by atoms with Crippen molar-refractivity contribution in [1.29, 1.82) is 0 Å². The maximum atomic E-state index is 3.67. The van der Waals surface area contributed by atoms with Crippen molar-refractivity contribution in [2.75, 3.05) is 25.1 Å². The van der Waals surface area contributed by atoms with E-state index in [1.165, 1.54) is 50.9 Å². The Kier molecular flexibility index (Phi) is 6.06. The van der Waals surface area contributed by atoms with Crippen LogP contribution in [0.4, 0.5) is 0 Å². The van der Waals surface area contributed by atoms with E-state index in [2.05, 4.69) is 25.4 Å². The first-order valence-corrected chi connectivity index (χ1v) is 7.78. The Morgan fingerprint density at radius 2 is 1.93 bits per heavy atom. The molecule has 90 valence electrons. The largest absolute Gasteiger partial charge is 0.316 e. The summed E-state index contributed by atoms with van der Waals surface area (Å²) in [6, 6.07) is 0. The molecule has 0 aromatic heterocycles. The van der Waals surface area contributed by atoms with Gasteiger partial charge in [-0.05, 0) is 49.1 Å². The third-order valence-corrected chi connectivity index (χ3v) is 4.17. The standard InChI is InChI=1S/C13H27NS/c1-12(2)10-14-11-13(8-9-15-3)6-4-5-7-13/h12,14H,4-11H2,1-3H3. The number of nitrogens with one attached hydrogen (secondary N) is 1. The zero-order chi connectivity index (χ0) is 11.1. The lowest BCUT2D eigenvalue weighted by Crippen LogP contribution is -2.34. The molecule has 1 aliphatic rings. The first-order chi connectivity index (χ1) is 7.18. The second kappa shape index (κ2) is 6.80. The molecule has 1 N–H and O–H groups in total. The van der Waals surface area contributed by atoms with Crippen molar-refractivity contribution in [2.24, 2.45) is 11.3 Å². The minimum Gasteiger partial charge on any atom is -0.316 e. The molecule has 0 amide bonds. The molecule has 0 atom stereocenters.